The highest BCUT2D eigenvalue weighted by Gasteiger charge is 2.42. The third-order valence-electron chi connectivity index (χ3n) is 7.14. The van der Waals surface area contributed by atoms with Crippen LogP contribution in [0.1, 0.15) is 103 Å². The van der Waals surface area contributed by atoms with E-state index in [-0.39, 0.29) is 24.8 Å². The Morgan fingerprint density at radius 1 is 0.941 bits per heavy atom. The van der Waals surface area contributed by atoms with Crippen molar-refractivity contribution in [2.45, 2.75) is 109 Å². The molecule has 8 heteroatoms. The molecule has 8 nitrogen and oxygen atoms in total. The fraction of sp³-hybridized carbons (Fsp3) is 0.846. The van der Waals surface area contributed by atoms with Crippen molar-refractivity contribution in [1.82, 2.24) is 10.2 Å². The third-order valence-corrected chi connectivity index (χ3v) is 7.14. The molecule has 0 spiro atoms. The van der Waals surface area contributed by atoms with Crippen molar-refractivity contribution in [3.63, 3.8) is 0 Å². The van der Waals surface area contributed by atoms with E-state index in [1.54, 1.807) is 0 Å². The van der Waals surface area contributed by atoms with Gasteiger partial charge in [0.05, 0.1) is 24.9 Å². The Bertz CT molecular complexity index is 668. The van der Waals surface area contributed by atoms with Crippen molar-refractivity contribution < 1.29 is 29.0 Å². The lowest BCUT2D eigenvalue weighted by molar-refractivity contribution is -0.158. The van der Waals surface area contributed by atoms with Gasteiger partial charge in [-0.3, -0.25) is 19.2 Å². The van der Waals surface area contributed by atoms with Crippen LogP contribution in [0, 0.1) is 11.8 Å². The first-order valence-electron chi connectivity index (χ1n) is 13.4. The average molecular weight is 481 g/mol. The van der Waals surface area contributed by atoms with Gasteiger partial charge in [0.15, 0.2) is 0 Å². The van der Waals surface area contributed by atoms with E-state index in [1.165, 1.54) is 49.8 Å². The first kappa shape index (κ1) is 28.1. The maximum Gasteiger partial charge on any atom is 0.308 e. The average Bonchev–Trinajstić information content (AvgIpc) is 2.83. The molecule has 2 amide bonds. The van der Waals surface area contributed by atoms with Gasteiger partial charge in [-0.2, -0.15) is 0 Å². The summed E-state index contributed by atoms with van der Waals surface area (Å²) in [6.07, 6.45) is 14.3. The Balaban J connectivity index is 1.72. The van der Waals surface area contributed by atoms with Crippen LogP contribution in [-0.2, 0) is 23.9 Å². The summed E-state index contributed by atoms with van der Waals surface area (Å²) in [5.41, 5.74) is 0. The van der Waals surface area contributed by atoms with Gasteiger partial charge in [0.2, 0.25) is 11.8 Å². The topological polar surface area (TPSA) is 113 Å². The van der Waals surface area contributed by atoms with Gasteiger partial charge < -0.3 is 20.1 Å². The second-order valence-corrected chi connectivity index (χ2v) is 9.78. The second-order valence-electron chi connectivity index (χ2n) is 9.78. The van der Waals surface area contributed by atoms with Crippen molar-refractivity contribution >= 4 is 23.8 Å². The summed E-state index contributed by atoms with van der Waals surface area (Å²) >= 11 is 0. The minimum atomic E-state index is -0.966. The van der Waals surface area contributed by atoms with Crippen LogP contribution in [0.5, 0.6) is 0 Å². The molecule has 1 aliphatic carbocycles. The molecule has 0 radical (unpaired) electrons. The normalized spacial score (nSPS) is 22.8. The molecule has 1 saturated heterocycles. The maximum atomic E-state index is 13.2. The lowest BCUT2D eigenvalue weighted by Gasteiger charge is -2.39. The number of carboxylic acid groups (broad SMARTS) is 1. The zero-order valence-electron chi connectivity index (χ0n) is 20.9. The Hall–Kier alpha value is -2.12. The number of ether oxygens (including phenoxy) is 1. The van der Waals surface area contributed by atoms with Gasteiger partial charge in [-0.1, -0.05) is 77.6 Å². The largest absolute Gasteiger partial charge is 0.481 e. The molecule has 1 saturated carbocycles. The summed E-state index contributed by atoms with van der Waals surface area (Å²) < 4.78 is 5.35. The highest BCUT2D eigenvalue weighted by atomic mass is 16.5. The van der Waals surface area contributed by atoms with E-state index in [9.17, 15) is 24.3 Å². The molecular weight excluding hydrogens is 436 g/mol. The van der Waals surface area contributed by atoms with Crippen LogP contribution in [0.15, 0.2) is 0 Å². The van der Waals surface area contributed by atoms with E-state index in [1.807, 2.05) is 0 Å². The number of carbonyl (C=O) groups is 4. The predicted molar refractivity (Wildman–Crippen MR) is 129 cm³/mol. The number of unbranched alkanes of at least 4 members (excludes halogenated alkanes) is 9. The van der Waals surface area contributed by atoms with Crippen molar-refractivity contribution in [2.24, 2.45) is 11.8 Å². The smallest absolute Gasteiger partial charge is 0.308 e. The molecule has 0 bridgehead atoms. The van der Waals surface area contributed by atoms with Crippen LogP contribution in [-0.4, -0.2) is 59.5 Å². The Morgan fingerprint density at radius 2 is 1.53 bits per heavy atom. The van der Waals surface area contributed by atoms with Gasteiger partial charge in [-0.25, -0.2) is 0 Å². The minimum Gasteiger partial charge on any atom is -0.481 e. The molecule has 3 atom stereocenters. The van der Waals surface area contributed by atoms with Crippen LogP contribution < -0.4 is 5.32 Å². The van der Waals surface area contributed by atoms with Gasteiger partial charge in [-0.15, -0.1) is 0 Å². The summed E-state index contributed by atoms with van der Waals surface area (Å²) in [5, 5.41) is 12.2. The van der Waals surface area contributed by atoms with Crippen LogP contribution in [0.25, 0.3) is 0 Å². The maximum absolute atomic E-state index is 13.2. The molecule has 0 aromatic rings. The van der Waals surface area contributed by atoms with Crippen LogP contribution in [0.4, 0.5) is 0 Å². The first-order chi connectivity index (χ1) is 16.5. The number of aliphatic carboxylic acids is 1. The monoisotopic (exact) mass is 480 g/mol. The summed E-state index contributed by atoms with van der Waals surface area (Å²) in [5.74, 6) is -3.52. The first-order valence-corrected chi connectivity index (χ1v) is 13.4. The van der Waals surface area contributed by atoms with E-state index < -0.39 is 29.8 Å². The number of nitrogens with one attached hydrogen (secondary N) is 1. The number of carboxylic acids is 1. The number of hydrogen-bond donors (Lipinski definition) is 2. The number of carbonyl (C=O) groups excluding carboxylic acids is 3. The van der Waals surface area contributed by atoms with Gasteiger partial charge in [-0.05, 0) is 19.3 Å². The number of piperazine rings is 1. The molecule has 34 heavy (non-hydrogen) atoms. The molecule has 2 fully saturated rings. The lowest BCUT2D eigenvalue weighted by atomic mass is 9.78. The van der Waals surface area contributed by atoms with Crippen LogP contribution >= 0.6 is 0 Å². The molecule has 2 rings (SSSR count). The molecule has 2 aliphatic rings. The summed E-state index contributed by atoms with van der Waals surface area (Å²) in [7, 11) is 0. The van der Waals surface area contributed by atoms with Crippen molar-refractivity contribution in [1.29, 1.82) is 0 Å². The zero-order valence-corrected chi connectivity index (χ0v) is 20.9. The van der Waals surface area contributed by atoms with E-state index in [0.717, 1.165) is 32.1 Å². The quantitative estimate of drug-likeness (QED) is 0.270. The molecule has 0 aromatic carbocycles. The molecule has 1 aliphatic heterocycles. The van der Waals surface area contributed by atoms with E-state index >= 15 is 0 Å². The number of rotatable bonds is 15. The van der Waals surface area contributed by atoms with Crippen molar-refractivity contribution in [3.05, 3.63) is 0 Å². The van der Waals surface area contributed by atoms with E-state index in [2.05, 4.69) is 12.2 Å². The third kappa shape index (κ3) is 9.26. The van der Waals surface area contributed by atoms with E-state index in [0.29, 0.717) is 26.0 Å². The van der Waals surface area contributed by atoms with Gasteiger partial charge in [0.25, 0.3) is 0 Å². The number of amides is 2. The Labute approximate surface area is 204 Å². The highest BCUT2D eigenvalue weighted by Crippen LogP contribution is 2.32. The fourth-order valence-electron chi connectivity index (χ4n) is 5.11. The molecular formula is C26H44N2O6. The molecule has 3 unspecified atom stereocenters. The summed E-state index contributed by atoms with van der Waals surface area (Å²) in [6.45, 7) is 3.13. The van der Waals surface area contributed by atoms with Crippen LogP contribution in [0.3, 0.4) is 0 Å². The minimum absolute atomic E-state index is 0.195. The fourth-order valence-corrected chi connectivity index (χ4v) is 5.11. The molecule has 194 valence electrons. The zero-order chi connectivity index (χ0) is 24.8. The van der Waals surface area contributed by atoms with Crippen molar-refractivity contribution in [2.75, 3.05) is 19.7 Å². The number of hydrogen-bond acceptors (Lipinski definition) is 5. The van der Waals surface area contributed by atoms with Gasteiger partial charge in [0, 0.05) is 13.1 Å². The Kier molecular flexibility index (Phi) is 13.0. The van der Waals surface area contributed by atoms with Gasteiger partial charge >= 0.3 is 11.9 Å². The highest BCUT2D eigenvalue weighted by molar-refractivity contribution is 5.93. The SMILES string of the molecule is CCCCCCCCCCCCOC(=O)CC1C(=O)NCCN1C(=O)C1CCCCC1C(=O)O. The summed E-state index contributed by atoms with van der Waals surface area (Å²) in [6, 6.07) is -0.933. The molecule has 2 N–H and O–H groups in total. The summed E-state index contributed by atoms with van der Waals surface area (Å²) in [4.78, 5) is 51.1. The molecule has 1 heterocycles. The Morgan fingerprint density at radius 3 is 2.15 bits per heavy atom. The van der Waals surface area contributed by atoms with Crippen molar-refractivity contribution in [3.8, 4) is 0 Å². The standard InChI is InChI=1S/C26H44N2O6/c1-2-3-4-5-6-7-8-9-10-13-18-34-23(29)19-22-24(30)27-16-17-28(22)25(31)20-14-11-12-15-21(20)26(32)33/h20-22H,2-19H2,1H3,(H,27,30)(H,32,33). The second kappa shape index (κ2) is 15.7. The number of esters is 1. The molecule has 0 aromatic heterocycles. The lowest BCUT2D eigenvalue weighted by Crippen LogP contribution is -2.59. The van der Waals surface area contributed by atoms with E-state index in [4.69, 9.17) is 4.74 Å². The van der Waals surface area contributed by atoms with Crippen LogP contribution in [0.2, 0.25) is 0 Å². The number of nitrogens with zero attached hydrogens (tertiary/aromatic N) is 1. The predicted octanol–water partition coefficient (Wildman–Crippen LogP) is 4.06. The van der Waals surface area contributed by atoms with Gasteiger partial charge in [0.1, 0.15) is 6.04 Å².